The zero-order valence-corrected chi connectivity index (χ0v) is 13.7. The highest BCUT2D eigenvalue weighted by atomic mass is 16.6. The third kappa shape index (κ3) is 8.33. The van der Waals surface area contributed by atoms with E-state index in [0.29, 0.717) is 0 Å². The SMILES string of the molecule is CCCCCC1CCC(C2CCCCC2)CC1.O=C(O)O. The van der Waals surface area contributed by atoms with E-state index in [1.165, 1.54) is 44.9 Å². The van der Waals surface area contributed by atoms with Crippen LogP contribution in [-0.2, 0) is 0 Å². The molecule has 21 heavy (non-hydrogen) atoms. The van der Waals surface area contributed by atoms with Crippen LogP contribution in [0, 0.1) is 17.8 Å². The highest BCUT2D eigenvalue weighted by Gasteiger charge is 2.28. The lowest BCUT2D eigenvalue weighted by Crippen LogP contribution is -2.23. The molecular weight excluding hydrogens is 264 g/mol. The average molecular weight is 298 g/mol. The van der Waals surface area contributed by atoms with Crippen molar-refractivity contribution >= 4 is 6.16 Å². The molecule has 0 atom stereocenters. The highest BCUT2D eigenvalue weighted by Crippen LogP contribution is 2.40. The zero-order chi connectivity index (χ0) is 15.5. The van der Waals surface area contributed by atoms with Crippen molar-refractivity contribution in [3.63, 3.8) is 0 Å². The van der Waals surface area contributed by atoms with E-state index in [0.717, 1.165) is 17.8 Å². The van der Waals surface area contributed by atoms with Crippen LogP contribution in [-0.4, -0.2) is 16.4 Å². The summed E-state index contributed by atoms with van der Waals surface area (Å²) in [4.78, 5) is 8.56. The molecule has 0 bridgehead atoms. The summed E-state index contributed by atoms with van der Waals surface area (Å²) >= 11 is 0. The molecule has 0 heterocycles. The predicted molar refractivity (Wildman–Crippen MR) is 86.8 cm³/mol. The maximum absolute atomic E-state index is 8.56. The molecule has 0 radical (unpaired) electrons. The van der Waals surface area contributed by atoms with Gasteiger partial charge in [0.25, 0.3) is 0 Å². The van der Waals surface area contributed by atoms with E-state index in [2.05, 4.69) is 6.92 Å². The standard InChI is InChI=1S/C17H32.CH2O3/c1-2-3-5-8-15-11-13-17(14-12-15)16-9-6-4-7-10-16;2-1(3)4/h15-17H,2-14H2,1H3;(H2,2,3,4). The Kier molecular flexibility index (Phi) is 9.53. The summed E-state index contributed by atoms with van der Waals surface area (Å²) in [7, 11) is 0. The Balaban J connectivity index is 0.000000491. The van der Waals surface area contributed by atoms with E-state index >= 15 is 0 Å². The number of unbranched alkanes of at least 4 members (excludes halogenated alkanes) is 2. The van der Waals surface area contributed by atoms with Crippen LogP contribution in [0.4, 0.5) is 4.79 Å². The summed E-state index contributed by atoms with van der Waals surface area (Å²) in [5, 5.41) is 13.9. The van der Waals surface area contributed by atoms with Crippen molar-refractivity contribution in [1.29, 1.82) is 0 Å². The van der Waals surface area contributed by atoms with Crippen molar-refractivity contribution in [2.75, 3.05) is 0 Å². The summed E-state index contributed by atoms with van der Waals surface area (Å²) < 4.78 is 0. The molecule has 0 aliphatic heterocycles. The van der Waals surface area contributed by atoms with E-state index in [9.17, 15) is 0 Å². The largest absolute Gasteiger partial charge is 0.503 e. The summed E-state index contributed by atoms with van der Waals surface area (Å²) in [6, 6.07) is 0. The molecule has 2 N–H and O–H groups in total. The number of hydrogen-bond donors (Lipinski definition) is 2. The van der Waals surface area contributed by atoms with Crippen LogP contribution < -0.4 is 0 Å². The topological polar surface area (TPSA) is 57.5 Å². The zero-order valence-electron chi connectivity index (χ0n) is 13.7. The Morgan fingerprint density at radius 2 is 1.38 bits per heavy atom. The average Bonchev–Trinajstić information content (AvgIpc) is 2.49. The Morgan fingerprint density at radius 1 is 0.857 bits per heavy atom. The molecule has 0 aromatic rings. The van der Waals surface area contributed by atoms with Crippen LogP contribution in [0.1, 0.15) is 90.4 Å². The fourth-order valence-corrected chi connectivity index (χ4v) is 4.24. The first-order valence-electron chi connectivity index (χ1n) is 9.05. The molecule has 0 spiro atoms. The van der Waals surface area contributed by atoms with Gasteiger partial charge in [0.05, 0.1) is 0 Å². The minimum Gasteiger partial charge on any atom is -0.450 e. The quantitative estimate of drug-likeness (QED) is 0.596. The van der Waals surface area contributed by atoms with Crippen molar-refractivity contribution < 1.29 is 15.0 Å². The van der Waals surface area contributed by atoms with Gasteiger partial charge in [0.2, 0.25) is 0 Å². The first-order valence-corrected chi connectivity index (χ1v) is 9.05. The van der Waals surface area contributed by atoms with E-state index < -0.39 is 6.16 Å². The summed E-state index contributed by atoms with van der Waals surface area (Å²) in [5.41, 5.74) is 0. The molecule has 0 amide bonds. The van der Waals surface area contributed by atoms with Crippen LogP contribution in [0.2, 0.25) is 0 Å². The second-order valence-electron chi connectivity index (χ2n) is 6.96. The number of carbonyl (C=O) groups is 1. The monoisotopic (exact) mass is 298 g/mol. The Morgan fingerprint density at radius 3 is 1.90 bits per heavy atom. The van der Waals surface area contributed by atoms with Gasteiger partial charge in [0.1, 0.15) is 0 Å². The summed E-state index contributed by atoms with van der Waals surface area (Å²) in [6.07, 6.45) is 18.0. The van der Waals surface area contributed by atoms with Gasteiger partial charge in [-0.3, -0.25) is 0 Å². The molecule has 124 valence electrons. The van der Waals surface area contributed by atoms with E-state index in [1.54, 1.807) is 38.5 Å². The molecule has 2 aliphatic rings. The van der Waals surface area contributed by atoms with Gasteiger partial charge in [-0.1, -0.05) is 77.6 Å². The molecule has 2 saturated carbocycles. The molecule has 0 unspecified atom stereocenters. The van der Waals surface area contributed by atoms with Gasteiger partial charge < -0.3 is 10.2 Å². The fourth-order valence-electron chi connectivity index (χ4n) is 4.24. The highest BCUT2D eigenvalue weighted by molar-refractivity contribution is 5.53. The van der Waals surface area contributed by atoms with E-state index in [-0.39, 0.29) is 0 Å². The molecule has 3 nitrogen and oxygen atoms in total. The van der Waals surface area contributed by atoms with Crippen molar-refractivity contribution in [1.82, 2.24) is 0 Å². The number of carboxylic acid groups (broad SMARTS) is 2. The minimum absolute atomic E-state index is 1.10. The maximum atomic E-state index is 8.56. The molecule has 0 aromatic heterocycles. The Hall–Kier alpha value is -0.730. The van der Waals surface area contributed by atoms with Gasteiger partial charge in [0.15, 0.2) is 0 Å². The van der Waals surface area contributed by atoms with Crippen LogP contribution in [0.25, 0.3) is 0 Å². The number of hydrogen-bond acceptors (Lipinski definition) is 1. The second-order valence-corrected chi connectivity index (χ2v) is 6.96. The van der Waals surface area contributed by atoms with Crippen LogP contribution in [0.15, 0.2) is 0 Å². The van der Waals surface area contributed by atoms with Crippen molar-refractivity contribution in [3.8, 4) is 0 Å². The van der Waals surface area contributed by atoms with Gasteiger partial charge in [-0.2, -0.15) is 0 Å². The number of rotatable bonds is 5. The van der Waals surface area contributed by atoms with Gasteiger partial charge in [-0.25, -0.2) is 4.79 Å². The van der Waals surface area contributed by atoms with E-state index in [1.807, 2.05) is 0 Å². The lowest BCUT2D eigenvalue weighted by molar-refractivity contribution is 0.137. The molecule has 2 rings (SSSR count). The van der Waals surface area contributed by atoms with Crippen molar-refractivity contribution in [2.45, 2.75) is 90.4 Å². The molecule has 3 heteroatoms. The van der Waals surface area contributed by atoms with Gasteiger partial charge in [0, 0.05) is 0 Å². The maximum Gasteiger partial charge on any atom is 0.503 e. The molecule has 0 aromatic carbocycles. The first-order chi connectivity index (χ1) is 10.1. The van der Waals surface area contributed by atoms with Gasteiger partial charge >= 0.3 is 6.16 Å². The van der Waals surface area contributed by atoms with Crippen LogP contribution >= 0.6 is 0 Å². The fraction of sp³-hybridized carbons (Fsp3) is 0.944. The minimum atomic E-state index is -1.83. The van der Waals surface area contributed by atoms with Gasteiger partial charge in [-0.15, -0.1) is 0 Å². The smallest absolute Gasteiger partial charge is 0.450 e. The van der Waals surface area contributed by atoms with E-state index in [4.69, 9.17) is 15.0 Å². The van der Waals surface area contributed by atoms with Crippen molar-refractivity contribution in [2.24, 2.45) is 17.8 Å². The predicted octanol–water partition coefficient (Wildman–Crippen LogP) is 6.18. The molecular formula is C18H34O3. The third-order valence-corrected chi connectivity index (χ3v) is 5.42. The lowest BCUT2D eigenvalue weighted by Gasteiger charge is -2.36. The molecule has 2 aliphatic carbocycles. The normalized spacial score (nSPS) is 26.7. The summed E-state index contributed by atoms with van der Waals surface area (Å²) in [5.74, 6) is 3.35. The third-order valence-electron chi connectivity index (χ3n) is 5.42. The van der Waals surface area contributed by atoms with Gasteiger partial charge in [-0.05, 0) is 30.6 Å². The Labute approximate surface area is 130 Å². The van der Waals surface area contributed by atoms with Crippen LogP contribution in [0.5, 0.6) is 0 Å². The molecule has 2 fully saturated rings. The first kappa shape index (κ1) is 18.3. The molecule has 0 saturated heterocycles. The lowest BCUT2D eigenvalue weighted by atomic mass is 9.70. The second kappa shape index (κ2) is 10.9. The van der Waals surface area contributed by atoms with Crippen LogP contribution in [0.3, 0.4) is 0 Å². The summed E-state index contributed by atoms with van der Waals surface area (Å²) in [6.45, 7) is 2.32. The van der Waals surface area contributed by atoms with Crippen molar-refractivity contribution in [3.05, 3.63) is 0 Å². The Bertz CT molecular complexity index is 260.